The summed E-state index contributed by atoms with van der Waals surface area (Å²) in [5.74, 6) is 0. The summed E-state index contributed by atoms with van der Waals surface area (Å²) < 4.78 is 5.39. The molecule has 1 fully saturated rings. The van der Waals surface area contributed by atoms with Gasteiger partial charge in [-0.05, 0) is 54.1 Å². The van der Waals surface area contributed by atoms with Crippen molar-refractivity contribution in [3.63, 3.8) is 0 Å². The maximum atomic E-state index is 12.2. The second-order valence-electron chi connectivity index (χ2n) is 7.52. The van der Waals surface area contributed by atoms with Gasteiger partial charge in [0.25, 0.3) is 0 Å². The molecular weight excluding hydrogens is 282 g/mol. The minimum Gasteiger partial charge on any atom is -0.444 e. The molecule has 0 aromatic carbocycles. The highest BCUT2D eigenvalue weighted by atomic mass is 16.6. The Bertz CT molecular complexity index is 425. The van der Waals surface area contributed by atoms with Gasteiger partial charge in [0, 0.05) is 19.6 Å². The van der Waals surface area contributed by atoms with Gasteiger partial charge in [0.15, 0.2) is 0 Å². The first-order chi connectivity index (χ1) is 10.1. The van der Waals surface area contributed by atoms with E-state index in [9.17, 15) is 15.2 Å². The van der Waals surface area contributed by atoms with Gasteiger partial charge in [-0.2, -0.15) is 5.26 Å². The summed E-state index contributed by atoms with van der Waals surface area (Å²) in [7, 11) is 3.77. The molecular formula is C16H29N3O3. The Hall–Kier alpha value is -1.32. The van der Waals surface area contributed by atoms with E-state index in [0.717, 1.165) is 6.42 Å². The molecule has 6 nitrogen and oxygen atoms in total. The lowest BCUT2D eigenvalue weighted by Crippen LogP contribution is -2.49. The highest BCUT2D eigenvalue weighted by molar-refractivity contribution is 5.68. The number of carbonyl (C=O) groups excluding carboxylic acids is 1. The molecule has 1 heterocycles. The average Bonchev–Trinajstić information content (AvgIpc) is 2.35. The molecule has 0 spiro atoms. The van der Waals surface area contributed by atoms with E-state index in [0.29, 0.717) is 32.5 Å². The van der Waals surface area contributed by atoms with Gasteiger partial charge in [0.05, 0.1) is 17.6 Å². The molecule has 22 heavy (non-hydrogen) atoms. The summed E-state index contributed by atoms with van der Waals surface area (Å²) in [5, 5.41) is 19.8. The second kappa shape index (κ2) is 7.30. The summed E-state index contributed by atoms with van der Waals surface area (Å²) in [6.07, 6.45) is 0.873. The van der Waals surface area contributed by atoms with Crippen molar-refractivity contribution in [2.24, 2.45) is 5.41 Å². The topological polar surface area (TPSA) is 76.8 Å². The number of hydrogen-bond donors (Lipinski definition) is 1. The van der Waals surface area contributed by atoms with E-state index in [1.165, 1.54) is 0 Å². The van der Waals surface area contributed by atoms with Crippen molar-refractivity contribution in [3.05, 3.63) is 0 Å². The van der Waals surface area contributed by atoms with Gasteiger partial charge in [-0.15, -0.1) is 0 Å². The van der Waals surface area contributed by atoms with Crippen LogP contribution < -0.4 is 0 Å². The van der Waals surface area contributed by atoms with Crippen LogP contribution in [0.15, 0.2) is 0 Å². The van der Waals surface area contributed by atoms with Crippen LogP contribution in [0.1, 0.15) is 40.0 Å². The first-order valence-electron chi connectivity index (χ1n) is 7.79. The van der Waals surface area contributed by atoms with Crippen LogP contribution in [0.2, 0.25) is 0 Å². The summed E-state index contributed by atoms with van der Waals surface area (Å²) >= 11 is 0. The third kappa shape index (κ3) is 5.82. The largest absolute Gasteiger partial charge is 0.444 e. The Morgan fingerprint density at radius 2 is 2.14 bits per heavy atom. The quantitative estimate of drug-likeness (QED) is 0.857. The predicted molar refractivity (Wildman–Crippen MR) is 84.3 cm³/mol. The molecule has 126 valence electrons. The third-order valence-electron chi connectivity index (χ3n) is 3.67. The maximum Gasteiger partial charge on any atom is 0.410 e. The fourth-order valence-electron chi connectivity index (χ4n) is 2.85. The lowest BCUT2D eigenvalue weighted by Gasteiger charge is -2.39. The number of hydrogen-bond acceptors (Lipinski definition) is 5. The second-order valence-corrected chi connectivity index (χ2v) is 7.52. The Morgan fingerprint density at radius 3 is 2.64 bits per heavy atom. The van der Waals surface area contributed by atoms with Crippen LogP contribution in [0.5, 0.6) is 0 Å². The molecule has 1 aliphatic rings. The van der Waals surface area contributed by atoms with E-state index in [2.05, 4.69) is 6.07 Å². The Balaban J connectivity index is 2.73. The average molecular weight is 311 g/mol. The number of likely N-dealkylation sites (N-methyl/N-ethyl adjacent to an activating group) is 1. The van der Waals surface area contributed by atoms with Crippen LogP contribution in [0.3, 0.4) is 0 Å². The lowest BCUT2D eigenvalue weighted by molar-refractivity contribution is 0.00243. The van der Waals surface area contributed by atoms with E-state index in [4.69, 9.17) is 4.74 Å². The normalized spacial score (nSPS) is 24.0. The minimum atomic E-state index is -0.690. The fourth-order valence-corrected chi connectivity index (χ4v) is 2.85. The van der Waals surface area contributed by atoms with Gasteiger partial charge in [0.1, 0.15) is 5.60 Å². The van der Waals surface area contributed by atoms with Gasteiger partial charge in [-0.25, -0.2) is 4.79 Å². The van der Waals surface area contributed by atoms with Crippen molar-refractivity contribution in [1.82, 2.24) is 9.80 Å². The molecule has 0 radical (unpaired) electrons. The number of nitrogens with zero attached hydrogens (tertiary/aromatic N) is 3. The zero-order valence-electron chi connectivity index (χ0n) is 14.4. The van der Waals surface area contributed by atoms with Crippen LogP contribution in [-0.4, -0.2) is 66.4 Å². The maximum absolute atomic E-state index is 12.2. The van der Waals surface area contributed by atoms with Gasteiger partial charge in [-0.1, -0.05) is 0 Å². The van der Waals surface area contributed by atoms with Crippen molar-refractivity contribution in [2.75, 3.05) is 33.7 Å². The Kier molecular flexibility index (Phi) is 6.21. The zero-order valence-corrected chi connectivity index (χ0v) is 14.4. The summed E-state index contributed by atoms with van der Waals surface area (Å²) in [6.45, 7) is 6.91. The molecule has 0 saturated carbocycles. The molecule has 1 amide bonds. The number of likely N-dealkylation sites (tertiary alicyclic amines) is 1. The van der Waals surface area contributed by atoms with Crippen molar-refractivity contribution >= 4 is 6.09 Å². The number of aliphatic hydroxyl groups excluding tert-OH is 1. The SMILES string of the molecule is CN(C)C[C@H](O)C[C@]1(C#N)CCCN(C(=O)OC(C)(C)C)C1. The van der Waals surface area contributed by atoms with E-state index in [1.807, 2.05) is 39.8 Å². The van der Waals surface area contributed by atoms with Crippen molar-refractivity contribution < 1.29 is 14.6 Å². The monoisotopic (exact) mass is 311 g/mol. The predicted octanol–water partition coefficient (Wildman–Crippen LogP) is 1.84. The molecule has 1 rings (SSSR count). The molecule has 0 aromatic rings. The highest BCUT2D eigenvalue weighted by Gasteiger charge is 2.40. The fraction of sp³-hybridized carbons (Fsp3) is 0.875. The number of aliphatic hydroxyl groups is 1. The van der Waals surface area contributed by atoms with E-state index < -0.39 is 17.1 Å². The Morgan fingerprint density at radius 1 is 1.50 bits per heavy atom. The van der Waals surface area contributed by atoms with Crippen molar-refractivity contribution in [3.8, 4) is 6.07 Å². The number of amides is 1. The summed E-state index contributed by atoms with van der Waals surface area (Å²) in [5.41, 5.74) is -1.24. The zero-order chi connectivity index (χ0) is 17.0. The molecule has 1 saturated heterocycles. The number of nitriles is 1. The van der Waals surface area contributed by atoms with Crippen LogP contribution in [0.25, 0.3) is 0 Å². The van der Waals surface area contributed by atoms with Crippen LogP contribution >= 0.6 is 0 Å². The molecule has 0 unspecified atom stereocenters. The standard InChI is InChI=1S/C16H29N3O3/c1-15(2,3)22-14(21)19-8-6-7-16(11-17,12-19)9-13(20)10-18(4)5/h13,20H,6-10,12H2,1-5H3/t13-,16+/m1/s1. The summed E-state index contributed by atoms with van der Waals surface area (Å²) in [4.78, 5) is 15.7. The molecule has 2 atom stereocenters. The van der Waals surface area contributed by atoms with Gasteiger partial charge in [0.2, 0.25) is 0 Å². The van der Waals surface area contributed by atoms with E-state index in [-0.39, 0.29) is 6.09 Å². The van der Waals surface area contributed by atoms with Crippen LogP contribution in [0.4, 0.5) is 4.79 Å². The molecule has 1 aliphatic heterocycles. The summed E-state index contributed by atoms with van der Waals surface area (Å²) in [6, 6.07) is 2.34. The first kappa shape index (κ1) is 18.7. The number of rotatable bonds is 4. The lowest BCUT2D eigenvalue weighted by atomic mass is 9.77. The van der Waals surface area contributed by atoms with Gasteiger partial charge >= 0.3 is 6.09 Å². The molecule has 6 heteroatoms. The van der Waals surface area contributed by atoms with E-state index in [1.54, 1.807) is 4.90 Å². The van der Waals surface area contributed by atoms with Gasteiger partial charge < -0.3 is 19.6 Å². The van der Waals surface area contributed by atoms with E-state index >= 15 is 0 Å². The molecule has 0 aliphatic carbocycles. The van der Waals surface area contributed by atoms with Crippen LogP contribution in [-0.2, 0) is 4.74 Å². The molecule has 1 N–H and O–H groups in total. The van der Waals surface area contributed by atoms with Crippen molar-refractivity contribution in [2.45, 2.75) is 51.7 Å². The Labute approximate surface area is 133 Å². The molecule has 0 aromatic heterocycles. The van der Waals surface area contributed by atoms with Gasteiger partial charge in [-0.3, -0.25) is 0 Å². The first-order valence-corrected chi connectivity index (χ1v) is 7.79. The number of ether oxygens (including phenoxy) is 1. The van der Waals surface area contributed by atoms with Crippen LogP contribution in [0, 0.1) is 16.7 Å². The molecule has 0 bridgehead atoms. The minimum absolute atomic E-state index is 0.322. The highest BCUT2D eigenvalue weighted by Crippen LogP contribution is 2.34. The van der Waals surface area contributed by atoms with Crippen molar-refractivity contribution in [1.29, 1.82) is 5.26 Å². The third-order valence-corrected chi connectivity index (χ3v) is 3.67. The number of carbonyl (C=O) groups is 1. The smallest absolute Gasteiger partial charge is 0.410 e. The number of piperidine rings is 1.